The topological polar surface area (TPSA) is 294 Å². The Morgan fingerprint density at radius 3 is 1.74 bits per heavy atom. The molecule has 1 aromatic rings. The minimum absolute atomic E-state index is 0.0788. The summed E-state index contributed by atoms with van der Waals surface area (Å²) < 4.78 is 0. The lowest BCUT2D eigenvalue weighted by Gasteiger charge is -2.25. The fraction of sp³-hybridized carbons (Fsp3) is 0.435. The molecule has 0 aliphatic carbocycles. The number of hydrogen-bond donors (Lipinski definition) is 9. The van der Waals surface area contributed by atoms with E-state index in [-0.39, 0.29) is 25.0 Å². The first kappa shape index (κ1) is 32.3. The lowest BCUT2D eigenvalue weighted by molar-refractivity contribution is -0.142. The molecule has 4 unspecified atom stereocenters. The molecule has 214 valence electrons. The maximum atomic E-state index is 13.1. The Hall–Kier alpha value is -4.73. The highest BCUT2D eigenvalue weighted by Gasteiger charge is 2.31. The van der Waals surface area contributed by atoms with Gasteiger partial charge in [-0.3, -0.25) is 28.8 Å². The third-order valence-corrected chi connectivity index (χ3v) is 5.34. The molecule has 5 amide bonds. The normalized spacial score (nSPS) is 13.7. The number of nitrogens with two attached hydrogens (primary N) is 3. The van der Waals surface area contributed by atoms with Crippen LogP contribution in [0.3, 0.4) is 0 Å². The van der Waals surface area contributed by atoms with Gasteiger partial charge in [-0.05, 0) is 30.5 Å². The molecule has 1 aromatic carbocycles. The molecule has 4 atom stereocenters. The molecular formula is C23H32N6O10. The van der Waals surface area contributed by atoms with Crippen molar-refractivity contribution in [3.05, 3.63) is 29.8 Å². The molecule has 0 radical (unpaired) electrons. The van der Waals surface area contributed by atoms with Crippen LogP contribution in [0.5, 0.6) is 5.75 Å². The summed E-state index contributed by atoms with van der Waals surface area (Å²) in [7, 11) is 0. The molecule has 0 heterocycles. The summed E-state index contributed by atoms with van der Waals surface area (Å²) in [5.41, 5.74) is 16.1. The molecule has 0 saturated carbocycles. The quantitative estimate of drug-likeness (QED) is 0.0927. The van der Waals surface area contributed by atoms with Gasteiger partial charge < -0.3 is 48.5 Å². The van der Waals surface area contributed by atoms with Gasteiger partial charge in [-0.25, -0.2) is 4.79 Å². The van der Waals surface area contributed by atoms with Gasteiger partial charge in [0.05, 0.1) is 12.5 Å². The average molecular weight is 553 g/mol. The van der Waals surface area contributed by atoms with Crippen molar-refractivity contribution in [1.29, 1.82) is 0 Å². The van der Waals surface area contributed by atoms with Gasteiger partial charge in [0.15, 0.2) is 0 Å². The molecule has 0 saturated heterocycles. The highest BCUT2D eigenvalue weighted by Crippen LogP contribution is 2.12. The fourth-order valence-electron chi connectivity index (χ4n) is 3.29. The van der Waals surface area contributed by atoms with Crippen molar-refractivity contribution in [3.63, 3.8) is 0 Å². The number of hydrogen-bond acceptors (Lipinski definition) is 9. The Kier molecular flexibility index (Phi) is 12.8. The predicted octanol–water partition coefficient (Wildman–Crippen LogP) is -3.19. The van der Waals surface area contributed by atoms with Gasteiger partial charge in [-0.2, -0.15) is 0 Å². The largest absolute Gasteiger partial charge is 0.508 e. The number of amides is 5. The maximum Gasteiger partial charge on any atom is 0.326 e. The Morgan fingerprint density at radius 1 is 0.718 bits per heavy atom. The second-order valence-corrected chi connectivity index (χ2v) is 8.61. The summed E-state index contributed by atoms with van der Waals surface area (Å²) in [6, 6.07) is -0.399. The van der Waals surface area contributed by atoms with Crippen LogP contribution in [0.2, 0.25) is 0 Å². The molecule has 0 spiro atoms. The smallest absolute Gasteiger partial charge is 0.326 e. The van der Waals surface area contributed by atoms with Crippen molar-refractivity contribution >= 4 is 41.5 Å². The third kappa shape index (κ3) is 12.4. The number of carboxylic acids is 2. The van der Waals surface area contributed by atoms with Gasteiger partial charge in [-0.1, -0.05) is 12.1 Å². The standard InChI is InChI=1S/C23H32N6O10/c24-13(10-18(26)32)20(35)27-14(6-8-19(33)34)21(36)29-16(9-11-1-3-12(30)4-2-11)22(37)28-15(23(38)39)5-7-17(25)31/h1-4,13-16,30H,5-10,24H2,(H2,25,31)(H2,26,32)(H,27,35)(H,28,37)(H,29,36)(H,33,34)(H,38,39). The molecular weight excluding hydrogens is 520 g/mol. The number of aliphatic carboxylic acids is 2. The number of carbonyl (C=O) groups excluding carboxylic acids is 5. The highest BCUT2D eigenvalue weighted by atomic mass is 16.4. The number of phenolic OH excluding ortho intramolecular Hbond substituents is 1. The molecule has 39 heavy (non-hydrogen) atoms. The molecule has 0 bridgehead atoms. The van der Waals surface area contributed by atoms with Gasteiger partial charge in [0.25, 0.3) is 0 Å². The summed E-state index contributed by atoms with van der Waals surface area (Å²) in [4.78, 5) is 83.3. The summed E-state index contributed by atoms with van der Waals surface area (Å²) in [5.74, 6) is -7.47. The fourth-order valence-corrected chi connectivity index (χ4v) is 3.29. The van der Waals surface area contributed by atoms with Crippen molar-refractivity contribution in [2.24, 2.45) is 17.2 Å². The van der Waals surface area contributed by atoms with Gasteiger partial charge in [0.1, 0.15) is 23.9 Å². The summed E-state index contributed by atoms with van der Waals surface area (Å²) >= 11 is 0. The Morgan fingerprint density at radius 2 is 1.23 bits per heavy atom. The first-order chi connectivity index (χ1) is 18.2. The van der Waals surface area contributed by atoms with E-state index in [0.717, 1.165) is 0 Å². The highest BCUT2D eigenvalue weighted by molar-refractivity contribution is 5.95. The zero-order valence-corrected chi connectivity index (χ0v) is 20.8. The van der Waals surface area contributed by atoms with Gasteiger partial charge in [-0.15, -0.1) is 0 Å². The number of rotatable bonds is 17. The zero-order chi connectivity index (χ0) is 29.7. The number of phenols is 1. The number of aromatic hydroxyl groups is 1. The Labute approximate surface area is 222 Å². The molecule has 16 nitrogen and oxygen atoms in total. The van der Waals surface area contributed by atoms with E-state index in [9.17, 15) is 43.8 Å². The van der Waals surface area contributed by atoms with Crippen LogP contribution in [0, 0.1) is 0 Å². The van der Waals surface area contributed by atoms with Crippen LogP contribution in [0.25, 0.3) is 0 Å². The minimum Gasteiger partial charge on any atom is -0.508 e. The number of nitrogens with one attached hydrogen (secondary N) is 3. The molecule has 0 aliphatic rings. The number of carbonyl (C=O) groups is 7. The molecule has 0 fully saturated rings. The van der Waals surface area contributed by atoms with E-state index < -0.39 is 84.9 Å². The van der Waals surface area contributed by atoms with Crippen LogP contribution in [0.4, 0.5) is 0 Å². The van der Waals surface area contributed by atoms with Gasteiger partial charge in [0.2, 0.25) is 29.5 Å². The van der Waals surface area contributed by atoms with E-state index in [1.54, 1.807) is 0 Å². The van der Waals surface area contributed by atoms with Crippen LogP contribution >= 0.6 is 0 Å². The predicted molar refractivity (Wildman–Crippen MR) is 132 cm³/mol. The van der Waals surface area contributed by atoms with E-state index in [4.69, 9.17) is 22.3 Å². The molecule has 1 rings (SSSR count). The molecule has 0 aliphatic heterocycles. The second-order valence-electron chi connectivity index (χ2n) is 8.61. The van der Waals surface area contributed by atoms with Crippen LogP contribution < -0.4 is 33.2 Å². The first-order valence-corrected chi connectivity index (χ1v) is 11.6. The van der Waals surface area contributed by atoms with Crippen molar-refractivity contribution < 1.29 is 48.9 Å². The number of benzene rings is 1. The van der Waals surface area contributed by atoms with Crippen molar-refractivity contribution in [2.45, 2.75) is 62.7 Å². The SMILES string of the molecule is NC(=O)CCC(NC(=O)C(Cc1ccc(O)cc1)NC(=O)C(CCC(=O)O)NC(=O)C(N)CC(N)=O)C(=O)O. The Balaban J connectivity index is 3.19. The van der Waals surface area contributed by atoms with E-state index in [1.807, 2.05) is 0 Å². The van der Waals surface area contributed by atoms with Crippen LogP contribution in [-0.4, -0.2) is 81.0 Å². The van der Waals surface area contributed by atoms with Gasteiger partial charge in [0, 0.05) is 19.3 Å². The van der Waals surface area contributed by atoms with E-state index in [2.05, 4.69) is 16.0 Å². The first-order valence-electron chi connectivity index (χ1n) is 11.6. The average Bonchev–Trinajstić information content (AvgIpc) is 2.83. The van der Waals surface area contributed by atoms with Crippen LogP contribution in [-0.2, 0) is 40.0 Å². The van der Waals surface area contributed by atoms with Crippen LogP contribution in [0.15, 0.2) is 24.3 Å². The van der Waals surface area contributed by atoms with Crippen LogP contribution in [0.1, 0.15) is 37.7 Å². The van der Waals surface area contributed by atoms with E-state index in [0.29, 0.717) is 5.56 Å². The zero-order valence-electron chi connectivity index (χ0n) is 20.8. The molecule has 0 aromatic heterocycles. The molecule has 12 N–H and O–H groups in total. The number of carboxylic acid groups (broad SMARTS) is 2. The van der Waals surface area contributed by atoms with Crippen molar-refractivity contribution in [1.82, 2.24) is 16.0 Å². The third-order valence-electron chi connectivity index (χ3n) is 5.34. The van der Waals surface area contributed by atoms with Crippen molar-refractivity contribution in [3.8, 4) is 5.75 Å². The summed E-state index contributed by atoms with van der Waals surface area (Å²) in [5, 5.41) is 34.8. The van der Waals surface area contributed by atoms with Gasteiger partial charge >= 0.3 is 11.9 Å². The van der Waals surface area contributed by atoms with E-state index in [1.165, 1.54) is 24.3 Å². The van der Waals surface area contributed by atoms with E-state index >= 15 is 0 Å². The minimum atomic E-state index is -1.53. The summed E-state index contributed by atoms with van der Waals surface area (Å²) in [6.45, 7) is 0. The molecule has 16 heteroatoms. The maximum absolute atomic E-state index is 13.1. The lowest BCUT2D eigenvalue weighted by atomic mass is 10.0. The van der Waals surface area contributed by atoms with Crippen molar-refractivity contribution in [2.75, 3.05) is 0 Å². The summed E-state index contributed by atoms with van der Waals surface area (Å²) in [6.07, 6.45) is -2.41. The monoisotopic (exact) mass is 552 g/mol. The lowest BCUT2D eigenvalue weighted by Crippen LogP contribution is -2.58. The number of primary amides is 2. The Bertz CT molecular complexity index is 1080. The second kappa shape index (κ2) is 15.5.